The quantitative estimate of drug-likeness (QED) is 0.794. The van der Waals surface area contributed by atoms with E-state index in [0.717, 1.165) is 24.5 Å². The van der Waals surface area contributed by atoms with Crippen LogP contribution in [0.1, 0.15) is 35.4 Å². The number of nitrogens with zero attached hydrogens (tertiary/aromatic N) is 3. The molecule has 0 unspecified atom stereocenters. The van der Waals surface area contributed by atoms with Gasteiger partial charge in [-0.15, -0.1) is 12.4 Å². The molecule has 2 fully saturated rings. The molecular formula is C20H24ClF3N4O. The zero-order valence-electron chi connectivity index (χ0n) is 16.0. The first-order valence-electron chi connectivity index (χ1n) is 9.49. The lowest BCUT2D eigenvalue weighted by atomic mass is 9.89. The molecule has 4 rings (SSSR count). The zero-order valence-corrected chi connectivity index (χ0v) is 16.8. The van der Waals surface area contributed by atoms with E-state index in [1.165, 1.54) is 12.1 Å². The second-order valence-electron chi connectivity index (χ2n) is 7.67. The number of hydrogen-bond acceptors (Lipinski definition) is 3. The summed E-state index contributed by atoms with van der Waals surface area (Å²) in [6.07, 6.45) is 0.925. The molecule has 1 aromatic heterocycles. The summed E-state index contributed by atoms with van der Waals surface area (Å²) in [6.45, 7) is 1.19. The highest BCUT2D eigenvalue weighted by molar-refractivity contribution is 5.85. The lowest BCUT2D eigenvalue weighted by Gasteiger charge is -2.29. The van der Waals surface area contributed by atoms with Crippen molar-refractivity contribution in [2.24, 2.45) is 13.0 Å². The Morgan fingerprint density at radius 2 is 2.00 bits per heavy atom. The van der Waals surface area contributed by atoms with Crippen molar-refractivity contribution in [3.8, 4) is 0 Å². The number of rotatable bonds is 5. The number of nitrogens with one attached hydrogen (secondary N) is 1. The maximum absolute atomic E-state index is 13.4. The second-order valence-corrected chi connectivity index (χ2v) is 7.67. The molecule has 9 heteroatoms. The molecule has 5 nitrogen and oxygen atoms in total. The van der Waals surface area contributed by atoms with Crippen molar-refractivity contribution in [3.63, 3.8) is 0 Å². The highest BCUT2D eigenvalue weighted by Gasteiger charge is 2.42. The van der Waals surface area contributed by atoms with Gasteiger partial charge in [-0.25, -0.2) is 0 Å². The summed E-state index contributed by atoms with van der Waals surface area (Å²) in [7, 11) is 1.83. The normalized spacial score (nSPS) is 21.7. The molecular weight excluding hydrogens is 405 g/mol. The lowest BCUT2D eigenvalue weighted by Crippen LogP contribution is -2.40. The SMILES string of the molecule is Cl.Cn1cc([C@H]2CNC[C@@H]2C(=O)N(Cc2ccccc2C(F)(F)F)C2CC2)cn1. The largest absolute Gasteiger partial charge is 0.416 e. The Bertz CT molecular complexity index is 865. The number of hydrogen-bond donors (Lipinski definition) is 1. The Kier molecular flexibility index (Phi) is 6.24. The lowest BCUT2D eigenvalue weighted by molar-refractivity contribution is -0.141. The topological polar surface area (TPSA) is 50.2 Å². The van der Waals surface area contributed by atoms with E-state index in [-0.39, 0.29) is 48.3 Å². The van der Waals surface area contributed by atoms with Gasteiger partial charge in [0.1, 0.15) is 0 Å². The summed E-state index contributed by atoms with van der Waals surface area (Å²) in [6, 6.07) is 5.56. The molecule has 0 spiro atoms. The van der Waals surface area contributed by atoms with Crippen LogP contribution < -0.4 is 5.32 Å². The van der Waals surface area contributed by atoms with Gasteiger partial charge >= 0.3 is 6.18 Å². The third-order valence-corrected chi connectivity index (χ3v) is 5.62. The van der Waals surface area contributed by atoms with Gasteiger partial charge in [-0.3, -0.25) is 9.48 Å². The molecule has 1 N–H and O–H groups in total. The van der Waals surface area contributed by atoms with E-state index >= 15 is 0 Å². The van der Waals surface area contributed by atoms with Gasteiger partial charge in [0.15, 0.2) is 0 Å². The summed E-state index contributed by atoms with van der Waals surface area (Å²) >= 11 is 0. The maximum Gasteiger partial charge on any atom is 0.416 e. The van der Waals surface area contributed by atoms with Crippen LogP contribution in [0.3, 0.4) is 0 Å². The monoisotopic (exact) mass is 428 g/mol. The van der Waals surface area contributed by atoms with Crippen LogP contribution in [-0.4, -0.2) is 39.7 Å². The van der Waals surface area contributed by atoms with Crippen LogP contribution in [0.5, 0.6) is 0 Å². The number of amides is 1. The van der Waals surface area contributed by atoms with E-state index in [0.29, 0.717) is 13.1 Å². The van der Waals surface area contributed by atoms with Gasteiger partial charge in [-0.1, -0.05) is 18.2 Å². The minimum atomic E-state index is -4.43. The summed E-state index contributed by atoms with van der Waals surface area (Å²) in [5.74, 6) is -0.374. The van der Waals surface area contributed by atoms with Gasteiger partial charge in [0, 0.05) is 44.8 Å². The first-order chi connectivity index (χ1) is 13.3. The predicted octanol–water partition coefficient (Wildman–Crippen LogP) is 3.35. The van der Waals surface area contributed by atoms with Crippen LogP contribution in [0, 0.1) is 5.92 Å². The number of alkyl halides is 3. The molecule has 1 aromatic carbocycles. The van der Waals surface area contributed by atoms with Crippen LogP contribution in [0.25, 0.3) is 0 Å². The fourth-order valence-electron chi connectivity index (χ4n) is 4.02. The minimum Gasteiger partial charge on any atom is -0.335 e. The predicted molar refractivity (Wildman–Crippen MR) is 105 cm³/mol. The van der Waals surface area contributed by atoms with Crippen LogP contribution in [0.2, 0.25) is 0 Å². The van der Waals surface area contributed by atoms with Crippen molar-refractivity contribution in [1.29, 1.82) is 0 Å². The maximum atomic E-state index is 13.4. The Hall–Kier alpha value is -2.06. The smallest absolute Gasteiger partial charge is 0.335 e. The fourth-order valence-corrected chi connectivity index (χ4v) is 4.02. The Morgan fingerprint density at radius 1 is 1.28 bits per heavy atom. The Morgan fingerprint density at radius 3 is 2.62 bits per heavy atom. The molecule has 158 valence electrons. The Balaban J connectivity index is 0.00000240. The molecule has 2 heterocycles. The van der Waals surface area contributed by atoms with Gasteiger partial charge < -0.3 is 10.2 Å². The molecule has 0 bridgehead atoms. The summed E-state index contributed by atoms with van der Waals surface area (Å²) < 4.78 is 41.8. The van der Waals surface area contributed by atoms with Crippen molar-refractivity contribution < 1.29 is 18.0 Å². The van der Waals surface area contributed by atoms with Crippen LogP contribution >= 0.6 is 12.4 Å². The van der Waals surface area contributed by atoms with Crippen molar-refractivity contribution in [2.45, 2.75) is 37.5 Å². The Labute approximate surface area is 173 Å². The van der Waals surface area contributed by atoms with Gasteiger partial charge in [-0.05, 0) is 30.0 Å². The van der Waals surface area contributed by atoms with E-state index in [9.17, 15) is 18.0 Å². The number of benzene rings is 1. The van der Waals surface area contributed by atoms with E-state index in [1.807, 2.05) is 13.2 Å². The van der Waals surface area contributed by atoms with E-state index in [2.05, 4.69) is 10.4 Å². The summed E-state index contributed by atoms with van der Waals surface area (Å²) in [5, 5.41) is 7.45. The molecule has 1 aliphatic carbocycles. The molecule has 1 amide bonds. The van der Waals surface area contributed by atoms with Gasteiger partial charge in [0.25, 0.3) is 0 Å². The van der Waals surface area contributed by atoms with E-state index in [1.54, 1.807) is 21.8 Å². The standard InChI is InChI=1S/C20H23F3N4O.ClH/c1-26-11-14(8-25-26)16-9-24-10-17(16)19(28)27(15-6-7-15)12-13-4-2-3-5-18(13)20(21,22)23;/h2-5,8,11,15-17,24H,6-7,9-10,12H2,1H3;1H/t16-,17+;/m1./s1. The van der Waals surface area contributed by atoms with Crippen molar-refractivity contribution >= 4 is 18.3 Å². The summed E-state index contributed by atoms with van der Waals surface area (Å²) in [5.41, 5.74) is 0.471. The zero-order chi connectivity index (χ0) is 19.9. The molecule has 0 radical (unpaired) electrons. The highest BCUT2D eigenvalue weighted by Crippen LogP contribution is 2.37. The number of halogens is 4. The third-order valence-electron chi connectivity index (χ3n) is 5.62. The molecule has 1 saturated heterocycles. The number of carbonyl (C=O) groups excluding carboxylic acids is 1. The molecule has 2 aliphatic rings. The van der Waals surface area contributed by atoms with Gasteiger partial charge in [0.05, 0.1) is 17.7 Å². The first kappa shape index (κ1) is 21.6. The van der Waals surface area contributed by atoms with Gasteiger partial charge in [-0.2, -0.15) is 18.3 Å². The van der Waals surface area contributed by atoms with E-state index in [4.69, 9.17) is 0 Å². The second kappa shape index (κ2) is 8.36. The van der Waals surface area contributed by atoms with Crippen LogP contribution in [0.15, 0.2) is 36.7 Å². The number of aromatic nitrogens is 2. The summed E-state index contributed by atoms with van der Waals surface area (Å²) in [4.78, 5) is 15.0. The molecule has 1 saturated carbocycles. The van der Waals surface area contributed by atoms with E-state index < -0.39 is 11.7 Å². The van der Waals surface area contributed by atoms with Crippen LogP contribution in [-0.2, 0) is 24.6 Å². The third kappa shape index (κ3) is 4.59. The molecule has 2 aromatic rings. The number of aryl methyl sites for hydroxylation is 1. The minimum absolute atomic E-state index is 0. The van der Waals surface area contributed by atoms with Crippen molar-refractivity contribution in [1.82, 2.24) is 20.0 Å². The number of carbonyl (C=O) groups is 1. The average molecular weight is 429 g/mol. The van der Waals surface area contributed by atoms with Gasteiger partial charge in [0.2, 0.25) is 5.91 Å². The van der Waals surface area contributed by atoms with Crippen LogP contribution in [0.4, 0.5) is 13.2 Å². The highest BCUT2D eigenvalue weighted by atomic mass is 35.5. The van der Waals surface area contributed by atoms with Crippen molar-refractivity contribution in [2.75, 3.05) is 13.1 Å². The molecule has 29 heavy (non-hydrogen) atoms. The first-order valence-corrected chi connectivity index (χ1v) is 9.49. The van der Waals surface area contributed by atoms with Crippen molar-refractivity contribution in [3.05, 3.63) is 53.3 Å². The average Bonchev–Trinajstić information content (AvgIpc) is 3.20. The fraction of sp³-hybridized carbons (Fsp3) is 0.500. The molecule has 2 atom stereocenters. The molecule has 1 aliphatic heterocycles.